The molecule has 1 N–H and O–H groups in total. The first-order valence-electron chi connectivity index (χ1n) is 11.6. The Morgan fingerprint density at radius 2 is 1.50 bits per heavy atom. The van der Waals surface area contributed by atoms with Crippen LogP contribution in [0.3, 0.4) is 0 Å². The first kappa shape index (κ1) is 25.5. The maximum absolute atomic E-state index is 11.0. The molecule has 0 saturated carbocycles. The fraction of sp³-hybridized carbons (Fsp3) is 0.286. The largest absolute Gasteiger partial charge is 0.477 e. The van der Waals surface area contributed by atoms with Crippen LogP contribution >= 0.6 is 22.7 Å². The van der Waals surface area contributed by atoms with Crippen molar-refractivity contribution in [3.05, 3.63) is 69.4 Å². The minimum Gasteiger partial charge on any atom is -0.477 e. The molecule has 0 aliphatic carbocycles. The molecular formula is C28H30N2O2S2. The third kappa shape index (κ3) is 7.18. The van der Waals surface area contributed by atoms with Gasteiger partial charge in [0.05, 0.1) is 0 Å². The van der Waals surface area contributed by atoms with Gasteiger partial charge in [0, 0.05) is 38.3 Å². The number of hydrogen-bond acceptors (Lipinski definition) is 5. The zero-order chi connectivity index (χ0) is 24.3. The van der Waals surface area contributed by atoms with Gasteiger partial charge in [0.1, 0.15) is 11.6 Å². The third-order valence-corrected chi connectivity index (χ3v) is 7.67. The molecule has 2 aromatic heterocycles. The quantitative estimate of drug-likeness (QED) is 0.206. The predicted molar refractivity (Wildman–Crippen MR) is 146 cm³/mol. The van der Waals surface area contributed by atoms with E-state index in [0.717, 1.165) is 32.6 Å². The van der Waals surface area contributed by atoms with Crippen LogP contribution in [-0.2, 0) is 4.79 Å². The molecule has 0 spiro atoms. The van der Waals surface area contributed by atoms with Crippen molar-refractivity contribution in [2.75, 3.05) is 18.0 Å². The average molecular weight is 491 g/mol. The summed E-state index contributed by atoms with van der Waals surface area (Å²) in [6, 6.07) is 18.5. The summed E-state index contributed by atoms with van der Waals surface area (Å²) in [4.78, 5) is 17.6. The van der Waals surface area contributed by atoms with E-state index in [4.69, 9.17) is 10.4 Å². The summed E-state index contributed by atoms with van der Waals surface area (Å²) in [5.41, 5.74) is 2.21. The fourth-order valence-corrected chi connectivity index (χ4v) is 5.42. The van der Waals surface area contributed by atoms with Gasteiger partial charge in [0.2, 0.25) is 0 Å². The highest BCUT2D eigenvalue weighted by molar-refractivity contribution is 7.23. The molecule has 176 valence electrons. The number of rotatable bonds is 12. The number of aliphatic carboxylic acids is 1. The molecule has 6 heteroatoms. The Balaban J connectivity index is 1.67. The summed E-state index contributed by atoms with van der Waals surface area (Å²) in [6.07, 6.45) is 10.5. The molecule has 0 amide bonds. The van der Waals surface area contributed by atoms with Crippen molar-refractivity contribution in [2.24, 2.45) is 0 Å². The zero-order valence-corrected chi connectivity index (χ0v) is 21.3. The van der Waals surface area contributed by atoms with Crippen LogP contribution in [0, 0.1) is 11.3 Å². The molecule has 1 aromatic carbocycles. The maximum Gasteiger partial charge on any atom is 0.346 e. The number of anilines is 1. The molecular weight excluding hydrogens is 460 g/mol. The molecule has 3 rings (SSSR count). The van der Waals surface area contributed by atoms with Crippen LogP contribution in [0.2, 0.25) is 0 Å². The predicted octanol–water partition coefficient (Wildman–Crippen LogP) is 8.05. The number of carboxylic acids is 1. The Labute approximate surface area is 210 Å². The average Bonchev–Trinajstić information content (AvgIpc) is 3.51. The van der Waals surface area contributed by atoms with Gasteiger partial charge >= 0.3 is 5.97 Å². The SMILES string of the molecule is CCCCN(CCCC)c1ccc(/C=C/c2ccc(-c3ccc(/C=C(\C#N)C(=O)O)s3)s2)cc1. The first-order valence-corrected chi connectivity index (χ1v) is 13.3. The lowest BCUT2D eigenvalue weighted by atomic mass is 10.1. The van der Waals surface area contributed by atoms with E-state index in [1.807, 2.05) is 12.1 Å². The Morgan fingerprint density at radius 1 is 0.912 bits per heavy atom. The summed E-state index contributed by atoms with van der Waals surface area (Å²) in [5.74, 6) is -1.20. The molecule has 2 heterocycles. The fourth-order valence-electron chi connectivity index (χ4n) is 3.46. The van der Waals surface area contributed by atoms with Crippen LogP contribution in [0.25, 0.3) is 28.0 Å². The van der Waals surface area contributed by atoms with Crippen LogP contribution in [0.1, 0.15) is 54.8 Å². The van der Waals surface area contributed by atoms with Gasteiger partial charge in [-0.3, -0.25) is 0 Å². The van der Waals surface area contributed by atoms with Crippen LogP contribution in [0.4, 0.5) is 5.69 Å². The number of unbranched alkanes of at least 4 members (excludes halogenated alkanes) is 2. The lowest BCUT2D eigenvalue weighted by Crippen LogP contribution is -2.25. The zero-order valence-electron chi connectivity index (χ0n) is 19.7. The van der Waals surface area contributed by atoms with Crippen molar-refractivity contribution in [3.8, 4) is 15.8 Å². The van der Waals surface area contributed by atoms with E-state index < -0.39 is 5.97 Å². The summed E-state index contributed by atoms with van der Waals surface area (Å²) in [7, 11) is 0. The molecule has 0 aliphatic heterocycles. The highest BCUT2D eigenvalue weighted by Crippen LogP contribution is 2.35. The minimum atomic E-state index is -1.20. The van der Waals surface area contributed by atoms with E-state index in [0.29, 0.717) is 0 Å². The highest BCUT2D eigenvalue weighted by Gasteiger charge is 2.09. The second-order valence-corrected chi connectivity index (χ2v) is 10.2. The number of nitrogens with zero attached hydrogens (tertiary/aromatic N) is 2. The second kappa shape index (κ2) is 12.9. The highest BCUT2D eigenvalue weighted by atomic mass is 32.1. The molecule has 0 radical (unpaired) electrons. The Morgan fingerprint density at radius 3 is 2.06 bits per heavy atom. The van der Waals surface area contributed by atoms with Gasteiger partial charge in [-0.1, -0.05) is 44.9 Å². The Kier molecular flexibility index (Phi) is 9.69. The summed E-state index contributed by atoms with van der Waals surface area (Å²) < 4.78 is 0. The maximum atomic E-state index is 11.0. The van der Waals surface area contributed by atoms with Gasteiger partial charge in [0.25, 0.3) is 0 Å². The number of benzene rings is 1. The van der Waals surface area contributed by atoms with E-state index in [-0.39, 0.29) is 5.57 Å². The van der Waals surface area contributed by atoms with Crippen molar-refractivity contribution in [1.29, 1.82) is 5.26 Å². The van der Waals surface area contributed by atoms with Crippen molar-refractivity contribution in [1.82, 2.24) is 0 Å². The molecule has 0 fully saturated rings. The minimum absolute atomic E-state index is 0.256. The van der Waals surface area contributed by atoms with Gasteiger partial charge in [-0.25, -0.2) is 4.79 Å². The van der Waals surface area contributed by atoms with E-state index in [1.54, 1.807) is 17.4 Å². The van der Waals surface area contributed by atoms with Crippen LogP contribution in [-0.4, -0.2) is 24.2 Å². The number of carbonyl (C=O) groups is 1. The van der Waals surface area contributed by atoms with E-state index in [1.165, 1.54) is 54.3 Å². The molecule has 4 nitrogen and oxygen atoms in total. The van der Waals surface area contributed by atoms with Gasteiger partial charge in [-0.15, -0.1) is 22.7 Å². The molecule has 0 bridgehead atoms. The van der Waals surface area contributed by atoms with Gasteiger partial charge in [-0.05, 0) is 67.0 Å². The molecule has 0 aliphatic rings. The van der Waals surface area contributed by atoms with Crippen molar-refractivity contribution >= 4 is 52.6 Å². The molecule has 0 atom stereocenters. The van der Waals surface area contributed by atoms with Gasteiger partial charge in [-0.2, -0.15) is 5.26 Å². The molecule has 0 unspecified atom stereocenters. The summed E-state index contributed by atoms with van der Waals surface area (Å²) >= 11 is 3.17. The summed E-state index contributed by atoms with van der Waals surface area (Å²) in [5, 5.41) is 18.0. The monoisotopic (exact) mass is 490 g/mol. The van der Waals surface area contributed by atoms with Crippen molar-refractivity contribution in [3.63, 3.8) is 0 Å². The van der Waals surface area contributed by atoms with Crippen LogP contribution in [0.15, 0.2) is 54.1 Å². The number of nitriles is 1. The molecule has 3 aromatic rings. The normalized spacial score (nSPS) is 11.6. The lowest BCUT2D eigenvalue weighted by molar-refractivity contribution is -0.132. The van der Waals surface area contributed by atoms with Crippen LogP contribution < -0.4 is 4.90 Å². The number of thiophene rings is 2. The lowest BCUT2D eigenvalue weighted by Gasteiger charge is -2.24. The molecule has 34 heavy (non-hydrogen) atoms. The molecule has 0 saturated heterocycles. The third-order valence-electron chi connectivity index (χ3n) is 5.40. The first-order chi connectivity index (χ1) is 16.5. The van der Waals surface area contributed by atoms with E-state index in [2.05, 4.69) is 67.3 Å². The summed E-state index contributed by atoms with van der Waals surface area (Å²) in [6.45, 7) is 6.69. The standard InChI is InChI=1S/C28H30N2O2S2/c1-3-5-17-30(18-6-4-2)23-10-7-21(8-11-23)9-12-24-13-15-26(33-24)27-16-14-25(34-27)19-22(20-29)28(31)32/h7-16,19H,3-6,17-18H2,1-2H3,(H,31,32)/b12-9+,22-19+. The smallest absolute Gasteiger partial charge is 0.346 e. The number of carboxylic acid groups (broad SMARTS) is 1. The second-order valence-electron chi connectivity index (χ2n) is 8.00. The van der Waals surface area contributed by atoms with Crippen molar-refractivity contribution in [2.45, 2.75) is 39.5 Å². The van der Waals surface area contributed by atoms with E-state index >= 15 is 0 Å². The van der Waals surface area contributed by atoms with Crippen LogP contribution in [0.5, 0.6) is 0 Å². The van der Waals surface area contributed by atoms with Gasteiger partial charge < -0.3 is 10.0 Å². The Bertz CT molecular complexity index is 1170. The Hall–Kier alpha value is -3.14. The topological polar surface area (TPSA) is 64.3 Å². The van der Waals surface area contributed by atoms with Gasteiger partial charge in [0.15, 0.2) is 0 Å². The number of hydrogen-bond donors (Lipinski definition) is 1. The van der Waals surface area contributed by atoms with E-state index in [9.17, 15) is 4.79 Å². The van der Waals surface area contributed by atoms with Crippen molar-refractivity contribution < 1.29 is 9.90 Å².